The Morgan fingerprint density at radius 3 is 2.64 bits per heavy atom. The van der Waals surface area contributed by atoms with Crippen molar-refractivity contribution in [2.45, 2.75) is 13.8 Å². The predicted molar refractivity (Wildman–Crippen MR) is 112 cm³/mol. The van der Waals surface area contributed by atoms with Crippen molar-refractivity contribution in [2.24, 2.45) is 0 Å². The number of nitrogens with zero attached hydrogens (tertiary/aromatic N) is 4. The molecule has 0 atom stereocenters. The highest BCUT2D eigenvalue weighted by molar-refractivity contribution is 6.31. The zero-order valence-corrected chi connectivity index (χ0v) is 17.1. The molecule has 9 heteroatoms. The molecule has 0 aliphatic carbocycles. The number of ether oxygens (including phenoxy) is 1. The molecule has 2 aromatic rings. The van der Waals surface area contributed by atoms with Crippen molar-refractivity contribution < 1.29 is 9.53 Å². The molecule has 8 nitrogen and oxygen atoms in total. The maximum Gasteiger partial charge on any atom is 0.322 e. The third-order valence-electron chi connectivity index (χ3n) is 4.45. The van der Waals surface area contributed by atoms with E-state index in [1.165, 1.54) is 0 Å². The predicted octanol–water partition coefficient (Wildman–Crippen LogP) is 3.23. The Kier molecular flexibility index (Phi) is 6.41. The highest BCUT2D eigenvalue weighted by atomic mass is 35.5. The maximum absolute atomic E-state index is 12.6. The highest BCUT2D eigenvalue weighted by Gasteiger charge is 2.23. The van der Waals surface area contributed by atoms with Gasteiger partial charge in [0.25, 0.3) is 0 Å². The molecule has 150 valence electrons. The van der Waals surface area contributed by atoms with Crippen LogP contribution in [0.2, 0.25) is 5.02 Å². The van der Waals surface area contributed by atoms with Gasteiger partial charge in [0, 0.05) is 49.5 Å². The Morgan fingerprint density at radius 2 is 1.96 bits per heavy atom. The first-order chi connectivity index (χ1) is 13.5. The van der Waals surface area contributed by atoms with Crippen molar-refractivity contribution in [2.75, 3.05) is 55.4 Å². The molecular weight excluding hydrogens is 380 g/mol. The topological polar surface area (TPSA) is 82.6 Å². The summed E-state index contributed by atoms with van der Waals surface area (Å²) in [6.45, 7) is 7.25. The molecule has 2 N–H and O–H groups in total. The lowest BCUT2D eigenvalue weighted by Crippen LogP contribution is -2.50. The zero-order valence-electron chi connectivity index (χ0n) is 16.3. The van der Waals surface area contributed by atoms with Crippen LogP contribution in [-0.2, 0) is 0 Å². The second kappa shape index (κ2) is 8.97. The molecule has 3 rings (SSSR count). The van der Waals surface area contributed by atoms with Gasteiger partial charge in [-0.15, -0.1) is 0 Å². The molecule has 0 bridgehead atoms. The van der Waals surface area contributed by atoms with Crippen LogP contribution < -0.4 is 20.3 Å². The second-order valence-electron chi connectivity index (χ2n) is 6.47. The van der Waals surface area contributed by atoms with Crippen molar-refractivity contribution in [3.05, 3.63) is 35.0 Å². The van der Waals surface area contributed by atoms with Crippen molar-refractivity contribution >= 4 is 35.1 Å². The summed E-state index contributed by atoms with van der Waals surface area (Å²) in [5, 5.41) is 6.64. The Morgan fingerprint density at radius 1 is 1.21 bits per heavy atom. The Bertz CT molecular complexity index is 839. The fourth-order valence-corrected chi connectivity index (χ4v) is 3.22. The molecular formula is C19H25ClN6O2. The van der Waals surface area contributed by atoms with Gasteiger partial charge in [0.05, 0.1) is 12.8 Å². The van der Waals surface area contributed by atoms with E-state index in [0.717, 1.165) is 18.1 Å². The van der Waals surface area contributed by atoms with Gasteiger partial charge in [-0.2, -0.15) is 4.98 Å². The van der Waals surface area contributed by atoms with E-state index in [9.17, 15) is 4.79 Å². The van der Waals surface area contributed by atoms with E-state index < -0.39 is 0 Å². The number of carbonyl (C=O) groups excluding carboxylic acids is 1. The summed E-state index contributed by atoms with van der Waals surface area (Å²) in [6, 6.07) is 6.87. The minimum absolute atomic E-state index is 0.182. The molecule has 1 aromatic carbocycles. The SMILES string of the molecule is CCNc1cc(C)nc(N2CCN(C(=O)Nc3cc(Cl)ccc3OC)CC2)n1. The van der Waals surface area contributed by atoms with E-state index in [1.807, 2.05) is 19.9 Å². The first-order valence-electron chi connectivity index (χ1n) is 9.24. The monoisotopic (exact) mass is 404 g/mol. The molecule has 2 heterocycles. The van der Waals surface area contributed by atoms with Crippen LogP contribution in [0.15, 0.2) is 24.3 Å². The summed E-state index contributed by atoms with van der Waals surface area (Å²) < 4.78 is 5.28. The lowest BCUT2D eigenvalue weighted by molar-refractivity contribution is 0.208. The van der Waals surface area contributed by atoms with Gasteiger partial charge in [0.1, 0.15) is 11.6 Å². The quantitative estimate of drug-likeness (QED) is 0.796. The first kappa shape index (κ1) is 20.0. The number of nitrogens with one attached hydrogen (secondary N) is 2. The number of aromatic nitrogens is 2. The van der Waals surface area contributed by atoms with Gasteiger partial charge in [0.15, 0.2) is 0 Å². The van der Waals surface area contributed by atoms with Gasteiger partial charge >= 0.3 is 6.03 Å². The average molecular weight is 405 g/mol. The van der Waals surface area contributed by atoms with E-state index in [2.05, 4.69) is 25.5 Å². The number of piperazine rings is 1. The van der Waals surface area contributed by atoms with E-state index in [4.69, 9.17) is 16.3 Å². The van der Waals surface area contributed by atoms with E-state index in [0.29, 0.717) is 48.6 Å². The number of carbonyl (C=O) groups is 1. The molecule has 28 heavy (non-hydrogen) atoms. The smallest absolute Gasteiger partial charge is 0.322 e. The summed E-state index contributed by atoms with van der Waals surface area (Å²) >= 11 is 6.03. The standard InChI is InChI=1S/C19H25ClN6O2/c1-4-21-17-11-13(2)22-18(24-17)25-7-9-26(10-8-25)19(27)23-15-12-14(20)5-6-16(15)28-3/h5-6,11-12H,4,7-10H2,1-3H3,(H,23,27)(H,21,22,24). The summed E-state index contributed by atoms with van der Waals surface area (Å²) in [5.41, 5.74) is 1.47. The van der Waals surface area contributed by atoms with Crippen molar-refractivity contribution in [3.63, 3.8) is 0 Å². The Labute approximate surface area is 169 Å². The molecule has 1 saturated heterocycles. The van der Waals surface area contributed by atoms with Gasteiger partial charge < -0.3 is 25.2 Å². The molecule has 2 amide bonds. The van der Waals surface area contributed by atoms with Crippen LogP contribution in [0.3, 0.4) is 0 Å². The summed E-state index contributed by atoms with van der Waals surface area (Å²) in [4.78, 5) is 25.6. The number of urea groups is 1. The fraction of sp³-hybridized carbons (Fsp3) is 0.421. The molecule has 0 saturated carbocycles. The maximum atomic E-state index is 12.6. The number of aryl methyl sites for hydroxylation is 1. The highest BCUT2D eigenvalue weighted by Crippen LogP contribution is 2.28. The average Bonchev–Trinajstić information content (AvgIpc) is 2.68. The van der Waals surface area contributed by atoms with Crippen molar-refractivity contribution in [3.8, 4) is 5.75 Å². The number of halogens is 1. The van der Waals surface area contributed by atoms with E-state index >= 15 is 0 Å². The van der Waals surface area contributed by atoms with Crippen LogP contribution in [-0.4, -0.2) is 60.7 Å². The number of rotatable bonds is 5. The molecule has 1 aliphatic heterocycles. The number of benzene rings is 1. The Balaban J connectivity index is 1.62. The van der Waals surface area contributed by atoms with Gasteiger partial charge in [0.2, 0.25) is 5.95 Å². The summed E-state index contributed by atoms with van der Waals surface area (Å²) in [7, 11) is 1.56. The number of hydrogen-bond acceptors (Lipinski definition) is 6. The molecule has 1 aliphatic rings. The fourth-order valence-electron chi connectivity index (χ4n) is 3.05. The van der Waals surface area contributed by atoms with Crippen LogP contribution in [0, 0.1) is 6.92 Å². The normalized spacial score (nSPS) is 14.0. The summed E-state index contributed by atoms with van der Waals surface area (Å²) in [5.74, 6) is 2.08. The van der Waals surface area contributed by atoms with Gasteiger partial charge in [-0.1, -0.05) is 11.6 Å². The zero-order chi connectivity index (χ0) is 20.1. The number of amides is 2. The molecule has 0 spiro atoms. The molecule has 1 fully saturated rings. The molecule has 1 aromatic heterocycles. The minimum Gasteiger partial charge on any atom is -0.495 e. The van der Waals surface area contributed by atoms with Crippen LogP contribution >= 0.6 is 11.6 Å². The molecule has 0 unspecified atom stereocenters. The third-order valence-corrected chi connectivity index (χ3v) is 4.69. The van der Waals surface area contributed by atoms with Crippen molar-refractivity contribution in [1.82, 2.24) is 14.9 Å². The van der Waals surface area contributed by atoms with Crippen LogP contribution in [0.1, 0.15) is 12.6 Å². The van der Waals surface area contributed by atoms with Crippen LogP contribution in [0.25, 0.3) is 0 Å². The first-order valence-corrected chi connectivity index (χ1v) is 9.62. The van der Waals surface area contributed by atoms with E-state index in [1.54, 1.807) is 30.2 Å². The Hall–Kier alpha value is -2.74. The van der Waals surface area contributed by atoms with Gasteiger partial charge in [-0.3, -0.25) is 0 Å². The lowest BCUT2D eigenvalue weighted by Gasteiger charge is -2.35. The lowest BCUT2D eigenvalue weighted by atomic mass is 10.3. The van der Waals surface area contributed by atoms with E-state index in [-0.39, 0.29) is 6.03 Å². The minimum atomic E-state index is -0.182. The molecule has 0 radical (unpaired) electrons. The van der Waals surface area contributed by atoms with Crippen LogP contribution in [0.4, 0.5) is 22.2 Å². The van der Waals surface area contributed by atoms with Crippen molar-refractivity contribution in [1.29, 1.82) is 0 Å². The summed E-state index contributed by atoms with van der Waals surface area (Å²) in [6.07, 6.45) is 0. The largest absolute Gasteiger partial charge is 0.495 e. The second-order valence-corrected chi connectivity index (χ2v) is 6.91. The number of anilines is 3. The van der Waals surface area contributed by atoms with Gasteiger partial charge in [-0.25, -0.2) is 9.78 Å². The van der Waals surface area contributed by atoms with Gasteiger partial charge in [-0.05, 0) is 32.0 Å². The number of methoxy groups -OCH3 is 1. The van der Waals surface area contributed by atoms with Crippen LogP contribution in [0.5, 0.6) is 5.75 Å². The number of hydrogen-bond donors (Lipinski definition) is 2. The third kappa shape index (κ3) is 4.75.